The van der Waals surface area contributed by atoms with Crippen molar-refractivity contribution in [2.24, 2.45) is 0 Å². The molecule has 0 spiro atoms. The fraction of sp³-hybridized carbons (Fsp3) is 0.357. The lowest BCUT2D eigenvalue weighted by molar-refractivity contribution is 0.0957. The number of fused-ring (bicyclic) bond motifs is 1. The molecule has 0 saturated carbocycles. The maximum atomic E-state index is 13.6. The highest BCUT2D eigenvalue weighted by atomic mass is 32.2. The molecule has 1 aromatic carbocycles. The number of nitrogens with zero attached hydrogens (tertiary/aromatic N) is 1. The van der Waals surface area contributed by atoms with E-state index in [1.807, 2.05) is 0 Å². The second-order valence-corrected chi connectivity index (χ2v) is 8.13. The van der Waals surface area contributed by atoms with Crippen molar-refractivity contribution in [3.05, 3.63) is 35.0 Å². The lowest BCUT2D eigenvalue weighted by atomic mass is 10.2. The fourth-order valence-corrected chi connectivity index (χ4v) is 3.35. The van der Waals surface area contributed by atoms with Crippen molar-refractivity contribution < 1.29 is 17.6 Å². The van der Waals surface area contributed by atoms with Gasteiger partial charge in [-0.2, -0.15) is 0 Å². The predicted octanol–water partition coefficient (Wildman–Crippen LogP) is 2.05. The Labute approximate surface area is 132 Å². The van der Waals surface area contributed by atoms with E-state index < -0.39 is 10.0 Å². The topological polar surface area (TPSA) is 66.5 Å². The summed E-state index contributed by atoms with van der Waals surface area (Å²) in [7, 11) is -1.70. The molecule has 1 N–H and O–H groups in total. The number of amides is 1. The summed E-state index contributed by atoms with van der Waals surface area (Å²) in [5, 5.41) is 3.15. The van der Waals surface area contributed by atoms with E-state index in [4.69, 9.17) is 0 Å². The minimum absolute atomic E-state index is 0.275. The Morgan fingerprint density at radius 1 is 1.41 bits per heavy atom. The summed E-state index contributed by atoms with van der Waals surface area (Å²) in [6, 6.07) is 6.27. The number of hydrogen-bond donors (Lipinski definition) is 1. The summed E-state index contributed by atoms with van der Waals surface area (Å²) in [6.45, 7) is 0.690. The second-order valence-electron chi connectivity index (χ2n) is 4.96. The van der Waals surface area contributed by atoms with Crippen LogP contribution >= 0.6 is 11.3 Å². The number of carbonyl (C=O) groups excluding carboxylic acids is 1. The first kappa shape index (κ1) is 16.9. The van der Waals surface area contributed by atoms with Gasteiger partial charge >= 0.3 is 0 Å². The van der Waals surface area contributed by atoms with Gasteiger partial charge in [0.15, 0.2) is 0 Å². The molecule has 5 nitrogen and oxygen atoms in total. The largest absolute Gasteiger partial charge is 0.351 e. The van der Waals surface area contributed by atoms with E-state index in [-0.39, 0.29) is 11.7 Å². The third-order valence-corrected chi connectivity index (χ3v) is 5.65. The zero-order chi connectivity index (χ0) is 16.3. The van der Waals surface area contributed by atoms with Crippen molar-refractivity contribution in [2.45, 2.75) is 6.42 Å². The van der Waals surface area contributed by atoms with Gasteiger partial charge in [-0.1, -0.05) is 6.07 Å². The van der Waals surface area contributed by atoms with Gasteiger partial charge in [-0.3, -0.25) is 4.79 Å². The maximum Gasteiger partial charge on any atom is 0.261 e. The number of carbonyl (C=O) groups is 1. The van der Waals surface area contributed by atoms with Crippen molar-refractivity contribution in [2.75, 3.05) is 26.4 Å². The van der Waals surface area contributed by atoms with Crippen LogP contribution in [-0.2, 0) is 10.0 Å². The minimum Gasteiger partial charge on any atom is -0.351 e. The Morgan fingerprint density at radius 3 is 2.77 bits per heavy atom. The average molecular weight is 344 g/mol. The van der Waals surface area contributed by atoms with E-state index in [2.05, 4.69) is 5.32 Å². The molecular formula is C14H17FN2O3S2. The summed E-state index contributed by atoms with van der Waals surface area (Å²) in [6.07, 6.45) is 1.64. The van der Waals surface area contributed by atoms with Crippen LogP contribution in [0.2, 0.25) is 0 Å². The van der Waals surface area contributed by atoms with Crippen LogP contribution < -0.4 is 5.32 Å². The maximum absolute atomic E-state index is 13.6. The molecule has 2 aromatic rings. The Balaban J connectivity index is 1.91. The van der Waals surface area contributed by atoms with Gasteiger partial charge in [0, 0.05) is 30.2 Å². The Morgan fingerprint density at radius 2 is 2.14 bits per heavy atom. The Bertz CT molecular complexity index is 786. The smallest absolute Gasteiger partial charge is 0.261 e. The van der Waals surface area contributed by atoms with Gasteiger partial charge < -0.3 is 5.32 Å². The number of hydrogen-bond acceptors (Lipinski definition) is 4. The van der Waals surface area contributed by atoms with Crippen LogP contribution in [0.1, 0.15) is 16.1 Å². The van der Waals surface area contributed by atoms with Crippen LogP contribution in [-0.4, -0.2) is 45.0 Å². The highest BCUT2D eigenvalue weighted by Crippen LogP contribution is 2.27. The second kappa shape index (κ2) is 6.72. The normalized spacial score (nSPS) is 12.0. The number of sulfonamides is 1. The third kappa shape index (κ3) is 4.02. The van der Waals surface area contributed by atoms with Crippen LogP contribution in [0.4, 0.5) is 4.39 Å². The molecule has 0 unspecified atom stereocenters. The average Bonchev–Trinajstić information content (AvgIpc) is 2.87. The molecule has 1 amide bonds. The molecule has 1 aromatic heterocycles. The zero-order valence-electron chi connectivity index (χ0n) is 12.3. The van der Waals surface area contributed by atoms with Crippen LogP contribution in [0.5, 0.6) is 0 Å². The van der Waals surface area contributed by atoms with E-state index in [1.165, 1.54) is 34.8 Å². The third-order valence-electron chi connectivity index (χ3n) is 3.23. The Kier molecular flexibility index (Phi) is 5.15. The summed E-state index contributed by atoms with van der Waals surface area (Å²) in [5.41, 5.74) is 0. The van der Waals surface area contributed by atoms with Gasteiger partial charge in [0.05, 0.1) is 11.1 Å². The van der Waals surface area contributed by atoms with Crippen molar-refractivity contribution in [1.82, 2.24) is 9.62 Å². The SMILES string of the molecule is CN(CCCNC(=O)c1cc2c(F)cccc2s1)S(C)(=O)=O. The lowest BCUT2D eigenvalue weighted by Crippen LogP contribution is -2.30. The first-order valence-electron chi connectivity index (χ1n) is 6.66. The quantitative estimate of drug-likeness (QED) is 0.816. The van der Waals surface area contributed by atoms with E-state index in [0.717, 1.165) is 11.0 Å². The Hall–Kier alpha value is -1.51. The summed E-state index contributed by atoms with van der Waals surface area (Å²) in [5.74, 6) is -0.620. The van der Waals surface area contributed by atoms with Crippen molar-refractivity contribution >= 4 is 37.4 Å². The molecular weight excluding hydrogens is 327 g/mol. The van der Waals surface area contributed by atoms with Crippen molar-refractivity contribution in [3.8, 4) is 0 Å². The standard InChI is InChI=1S/C14H17FN2O3S2/c1-17(22(2,19)20)8-4-7-16-14(18)13-9-10-11(15)5-3-6-12(10)21-13/h3,5-6,9H,4,7-8H2,1-2H3,(H,16,18). The summed E-state index contributed by atoms with van der Waals surface area (Å²) in [4.78, 5) is 12.5. The van der Waals surface area contributed by atoms with Gasteiger partial charge in [-0.15, -0.1) is 11.3 Å². The number of benzene rings is 1. The number of rotatable bonds is 6. The van der Waals surface area contributed by atoms with Gasteiger partial charge in [-0.25, -0.2) is 17.1 Å². The number of thiophene rings is 1. The van der Waals surface area contributed by atoms with Crippen LogP contribution in [0.25, 0.3) is 10.1 Å². The molecule has 2 rings (SSSR count). The van der Waals surface area contributed by atoms with Crippen LogP contribution in [0.15, 0.2) is 24.3 Å². The fourth-order valence-electron chi connectivity index (χ4n) is 1.89. The molecule has 0 aliphatic rings. The van der Waals surface area contributed by atoms with Crippen LogP contribution in [0.3, 0.4) is 0 Å². The van der Waals surface area contributed by atoms with Gasteiger partial charge in [0.2, 0.25) is 10.0 Å². The molecule has 0 radical (unpaired) electrons. The first-order chi connectivity index (χ1) is 10.3. The van der Waals surface area contributed by atoms with E-state index in [1.54, 1.807) is 12.1 Å². The molecule has 0 fully saturated rings. The molecule has 0 atom stereocenters. The van der Waals surface area contributed by atoms with Crippen molar-refractivity contribution in [1.29, 1.82) is 0 Å². The minimum atomic E-state index is -3.20. The van der Waals surface area contributed by atoms with Crippen molar-refractivity contribution in [3.63, 3.8) is 0 Å². The molecule has 120 valence electrons. The van der Waals surface area contributed by atoms with E-state index in [0.29, 0.717) is 29.8 Å². The molecule has 0 bridgehead atoms. The predicted molar refractivity (Wildman–Crippen MR) is 86.2 cm³/mol. The highest BCUT2D eigenvalue weighted by Gasteiger charge is 2.13. The molecule has 1 heterocycles. The van der Waals surface area contributed by atoms with E-state index >= 15 is 0 Å². The molecule has 22 heavy (non-hydrogen) atoms. The van der Waals surface area contributed by atoms with Crippen LogP contribution in [0, 0.1) is 5.82 Å². The molecule has 8 heteroatoms. The molecule has 0 aliphatic carbocycles. The number of nitrogens with one attached hydrogen (secondary N) is 1. The first-order valence-corrected chi connectivity index (χ1v) is 9.33. The van der Waals surface area contributed by atoms with Gasteiger partial charge in [-0.05, 0) is 24.6 Å². The molecule has 0 saturated heterocycles. The zero-order valence-corrected chi connectivity index (χ0v) is 13.9. The monoisotopic (exact) mass is 344 g/mol. The van der Waals surface area contributed by atoms with Gasteiger partial charge in [0.1, 0.15) is 5.82 Å². The summed E-state index contributed by atoms with van der Waals surface area (Å²) >= 11 is 1.23. The van der Waals surface area contributed by atoms with E-state index in [9.17, 15) is 17.6 Å². The molecule has 0 aliphatic heterocycles. The number of halogens is 1. The van der Waals surface area contributed by atoms with Gasteiger partial charge in [0.25, 0.3) is 5.91 Å². The highest BCUT2D eigenvalue weighted by molar-refractivity contribution is 7.88. The summed E-state index contributed by atoms with van der Waals surface area (Å²) < 4.78 is 38.0. The lowest BCUT2D eigenvalue weighted by Gasteiger charge is -2.13.